The van der Waals surface area contributed by atoms with Crippen molar-refractivity contribution >= 4 is 23.7 Å². The number of aliphatic carboxylic acids is 1. The van der Waals surface area contributed by atoms with Crippen LogP contribution in [0, 0.1) is 17.3 Å². The molecule has 0 aromatic heterocycles. The van der Waals surface area contributed by atoms with Gasteiger partial charge in [0.1, 0.15) is 5.25 Å². The van der Waals surface area contributed by atoms with Crippen molar-refractivity contribution in [2.24, 2.45) is 17.3 Å². The fourth-order valence-electron chi connectivity index (χ4n) is 3.10. The minimum Gasteiger partial charge on any atom is -0.481 e. The van der Waals surface area contributed by atoms with E-state index in [-0.39, 0.29) is 6.61 Å². The van der Waals surface area contributed by atoms with Crippen molar-refractivity contribution in [1.82, 2.24) is 0 Å². The number of carboxylic acid groups (broad SMARTS) is 1. The predicted molar refractivity (Wildman–Crippen MR) is 87.1 cm³/mol. The summed E-state index contributed by atoms with van der Waals surface area (Å²) in [5.74, 6) is -2.57. The number of hydrogen-bond donors (Lipinski definition) is 2. The number of ether oxygens (including phenoxy) is 1. The number of carbonyl (C=O) groups excluding carboxylic acids is 1. The molecule has 2 N–H and O–H groups in total. The van der Waals surface area contributed by atoms with Crippen LogP contribution in [0.5, 0.6) is 0 Å². The van der Waals surface area contributed by atoms with Crippen LogP contribution in [0.3, 0.4) is 0 Å². The molecule has 2 unspecified atom stereocenters. The molecule has 0 saturated heterocycles. The molecule has 126 valence electrons. The average Bonchev–Trinajstić information content (AvgIpc) is 3.08. The smallest absolute Gasteiger partial charge is 0.322 e. The summed E-state index contributed by atoms with van der Waals surface area (Å²) in [6, 6.07) is 9.24. The Bertz CT molecular complexity index is 572. The van der Waals surface area contributed by atoms with E-state index in [4.69, 9.17) is 4.74 Å². The van der Waals surface area contributed by atoms with Crippen LogP contribution in [0.25, 0.3) is 0 Å². The van der Waals surface area contributed by atoms with Crippen molar-refractivity contribution in [3.8, 4) is 0 Å². The van der Waals surface area contributed by atoms with Gasteiger partial charge in [-0.3, -0.25) is 9.59 Å². The largest absolute Gasteiger partial charge is 0.481 e. The molecule has 1 aliphatic rings. The Morgan fingerprint density at radius 1 is 1.30 bits per heavy atom. The predicted octanol–water partition coefficient (Wildman–Crippen LogP) is 2.43. The third-order valence-electron chi connectivity index (χ3n) is 4.38. The van der Waals surface area contributed by atoms with E-state index in [1.54, 1.807) is 20.8 Å². The van der Waals surface area contributed by atoms with Gasteiger partial charge in [0.05, 0.1) is 18.6 Å². The molecule has 2 rings (SSSR count). The summed E-state index contributed by atoms with van der Waals surface area (Å²) in [6.07, 6.45) is -1.07. The highest BCUT2D eigenvalue weighted by Crippen LogP contribution is 2.61. The normalized spacial score (nSPS) is 24.5. The SMILES string of the molecule is CCOC(=O)C(Sc1ccccc1)C(O)[C@@H]1[C@H](C(=O)O)C1(C)C. The van der Waals surface area contributed by atoms with Crippen LogP contribution in [0.15, 0.2) is 35.2 Å². The van der Waals surface area contributed by atoms with Gasteiger partial charge >= 0.3 is 11.9 Å². The van der Waals surface area contributed by atoms with E-state index in [9.17, 15) is 19.8 Å². The number of carbonyl (C=O) groups is 2. The Hall–Kier alpha value is -1.53. The van der Waals surface area contributed by atoms with Crippen LogP contribution in [-0.4, -0.2) is 40.1 Å². The van der Waals surface area contributed by atoms with Gasteiger partial charge in [-0.15, -0.1) is 11.8 Å². The summed E-state index contributed by atoms with van der Waals surface area (Å²) in [4.78, 5) is 24.4. The molecular formula is C17H22O5S. The van der Waals surface area contributed by atoms with Crippen molar-refractivity contribution in [3.05, 3.63) is 30.3 Å². The second kappa shape index (κ2) is 6.93. The van der Waals surface area contributed by atoms with Crippen molar-refractivity contribution < 1.29 is 24.5 Å². The Morgan fingerprint density at radius 3 is 2.39 bits per heavy atom. The Kier molecular flexibility index (Phi) is 5.37. The Morgan fingerprint density at radius 2 is 1.91 bits per heavy atom. The number of rotatable bonds is 7. The third-order valence-corrected chi connectivity index (χ3v) is 5.65. The molecule has 0 spiro atoms. The fourth-order valence-corrected chi connectivity index (χ4v) is 4.18. The molecule has 1 aromatic carbocycles. The maximum absolute atomic E-state index is 12.3. The molecule has 23 heavy (non-hydrogen) atoms. The highest BCUT2D eigenvalue weighted by atomic mass is 32.2. The van der Waals surface area contributed by atoms with Crippen molar-refractivity contribution in [1.29, 1.82) is 0 Å². The van der Waals surface area contributed by atoms with E-state index in [1.165, 1.54) is 11.8 Å². The summed E-state index contributed by atoms with van der Waals surface area (Å²) in [7, 11) is 0. The number of carboxylic acids is 1. The van der Waals surface area contributed by atoms with Crippen molar-refractivity contribution in [2.75, 3.05) is 6.61 Å². The summed E-state index contributed by atoms with van der Waals surface area (Å²) in [5.41, 5.74) is -0.534. The monoisotopic (exact) mass is 338 g/mol. The molecule has 6 heteroatoms. The van der Waals surface area contributed by atoms with Crippen LogP contribution >= 0.6 is 11.8 Å². The minimum absolute atomic E-state index is 0.216. The molecule has 0 heterocycles. The molecule has 0 bridgehead atoms. The van der Waals surface area contributed by atoms with Crippen LogP contribution in [0.4, 0.5) is 0 Å². The highest BCUT2D eigenvalue weighted by molar-refractivity contribution is 8.00. The molecule has 1 aromatic rings. The van der Waals surface area contributed by atoms with Crippen LogP contribution in [0.1, 0.15) is 20.8 Å². The Labute approximate surface area is 140 Å². The van der Waals surface area contributed by atoms with Crippen molar-refractivity contribution in [3.63, 3.8) is 0 Å². The molecule has 0 amide bonds. The minimum atomic E-state index is -1.07. The van der Waals surface area contributed by atoms with E-state index in [1.807, 2.05) is 30.3 Å². The molecule has 4 atom stereocenters. The molecule has 0 aliphatic heterocycles. The van der Waals surface area contributed by atoms with Gasteiger partial charge in [0.25, 0.3) is 0 Å². The zero-order valence-corrected chi connectivity index (χ0v) is 14.2. The molecule has 1 fully saturated rings. The molecule has 5 nitrogen and oxygen atoms in total. The highest BCUT2D eigenvalue weighted by Gasteiger charge is 2.66. The van der Waals surface area contributed by atoms with Crippen LogP contribution in [-0.2, 0) is 14.3 Å². The maximum atomic E-state index is 12.3. The summed E-state index contributed by atoms with van der Waals surface area (Å²) < 4.78 is 5.07. The average molecular weight is 338 g/mol. The van der Waals surface area contributed by atoms with E-state index in [0.717, 1.165) is 4.90 Å². The van der Waals surface area contributed by atoms with Crippen molar-refractivity contribution in [2.45, 2.75) is 37.0 Å². The van der Waals surface area contributed by atoms with E-state index in [2.05, 4.69) is 0 Å². The van der Waals surface area contributed by atoms with Gasteiger partial charge in [-0.25, -0.2) is 0 Å². The summed E-state index contributed by atoms with van der Waals surface area (Å²) in [6.45, 7) is 5.52. The quantitative estimate of drug-likeness (QED) is 0.587. The first-order chi connectivity index (χ1) is 10.8. The zero-order chi connectivity index (χ0) is 17.2. The first-order valence-corrected chi connectivity index (χ1v) is 8.47. The van der Waals surface area contributed by atoms with Gasteiger partial charge in [0.15, 0.2) is 0 Å². The number of aliphatic hydroxyl groups is 1. The number of thioether (sulfide) groups is 1. The van der Waals surface area contributed by atoms with Gasteiger partial charge in [0.2, 0.25) is 0 Å². The third kappa shape index (κ3) is 3.70. The number of aliphatic hydroxyl groups excluding tert-OH is 1. The van der Waals surface area contributed by atoms with Crippen LogP contribution in [0.2, 0.25) is 0 Å². The van der Waals surface area contributed by atoms with E-state index < -0.39 is 40.5 Å². The van der Waals surface area contributed by atoms with Gasteiger partial charge in [-0.05, 0) is 24.5 Å². The van der Waals surface area contributed by atoms with E-state index in [0.29, 0.717) is 0 Å². The lowest BCUT2D eigenvalue weighted by Crippen LogP contribution is -2.36. The van der Waals surface area contributed by atoms with E-state index >= 15 is 0 Å². The number of esters is 1. The lowest BCUT2D eigenvalue weighted by atomic mass is 10.0. The standard InChI is InChI=1S/C17H22O5S/c1-4-22-16(21)14(23-10-8-6-5-7-9-10)13(18)11-12(15(19)20)17(11,2)3/h5-9,11-14,18H,4H2,1-3H3,(H,19,20)/t11-,12+,13?,14?/m0/s1. The second-order valence-electron chi connectivity index (χ2n) is 6.26. The molecule has 1 saturated carbocycles. The summed E-state index contributed by atoms with van der Waals surface area (Å²) >= 11 is 1.21. The lowest BCUT2D eigenvalue weighted by molar-refractivity contribution is -0.146. The first kappa shape index (κ1) is 17.8. The second-order valence-corrected chi connectivity index (χ2v) is 7.47. The molecule has 0 radical (unpaired) electrons. The van der Waals surface area contributed by atoms with Gasteiger partial charge in [-0.2, -0.15) is 0 Å². The first-order valence-electron chi connectivity index (χ1n) is 7.60. The molecule has 1 aliphatic carbocycles. The summed E-state index contributed by atoms with van der Waals surface area (Å²) in [5, 5.41) is 19.1. The zero-order valence-electron chi connectivity index (χ0n) is 13.4. The fraction of sp³-hybridized carbons (Fsp3) is 0.529. The number of benzene rings is 1. The van der Waals surface area contributed by atoms with Crippen LogP contribution < -0.4 is 0 Å². The molecular weight excluding hydrogens is 316 g/mol. The maximum Gasteiger partial charge on any atom is 0.322 e. The number of hydrogen-bond acceptors (Lipinski definition) is 5. The van der Waals surface area contributed by atoms with Gasteiger partial charge in [0, 0.05) is 10.8 Å². The Balaban J connectivity index is 2.20. The van der Waals surface area contributed by atoms with Gasteiger partial charge < -0.3 is 14.9 Å². The topological polar surface area (TPSA) is 83.8 Å². The lowest BCUT2D eigenvalue weighted by Gasteiger charge is -2.22. The van der Waals surface area contributed by atoms with Gasteiger partial charge in [-0.1, -0.05) is 32.0 Å².